The van der Waals surface area contributed by atoms with Crippen LogP contribution in [0, 0.1) is 30.6 Å². The van der Waals surface area contributed by atoms with E-state index in [0.717, 1.165) is 23.8 Å². The number of hydrogen-bond donors (Lipinski definition) is 1. The molecule has 4 aliphatic carbocycles. The lowest BCUT2D eigenvalue weighted by Crippen LogP contribution is -2.58. The largest absolute Gasteiger partial charge is 0.352 e. The van der Waals surface area contributed by atoms with E-state index in [2.05, 4.69) is 5.32 Å². The van der Waals surface area contributed by atoms with Crippen LogP contribution in [0.3, 0.4) is 0 Å². The Morgan fingerprint density at radius 1 is 1.03 bits per heavy atom. The van der Waals surface area contributed by atoms with Crippen LogP contribution < -0.4 is 9.62 Å². The summed E-state index contributed by atoms with van der Waals surface area (Å²) < 4.78 is 29.2. The molecule has 5 aliphatic rings. The summed E-state index contributed by atoms with van der Waals surface area (Å²) in [5.41, 5.74) is 1.63. The molecule has 5 fully saturated rings. The summed E-state index contributed by atoms with van der Waals surface area (Å²) >= 11 is 0. The fourth-order valence-corrected chi connectivity index (χ4v) is 8.29. The number of aryl methyl sites for hydroxylation is 1. The molecule has 0 unspecified atom stereocenters. The van der Waals surface area contributed by atoms with E-state index < -0.39 is 10.2 Å². The summed E-state index contributed by atoms with van der Waals surface area (Å²) in [7, 11) is -3.69. The predicted octanol–water partition coefficient (Wildman–Crippen LogP) is 2.69. The number of carbonyl (C=O) groups is 1. The minimum absolute atomic E-state index is 0.0759. The van der Waals surface area contributed by atoms with Gasteiger partial charge in [0, 0.05) is 19.1 Å². The van der Waals surface area contributed by atoms with E-state index in [0.29, 0.717) is 30.6 Å². The lowest BCUT2D eigenvalue weighted by atomic mass is 9.54. The Bertz CT molecular complexity index is 872. The van der Waals surface area contributed by atoms with Gasteiger partial charge in [-0.25, -0.2) is 0 Å². The first-order valence-corrected chi connectivity index (χ1v) is 12.4. The first kappa shape index (κ1) is 19.4. The van der Waals surface area contributed by atoms with E-state index in [1.165, 1.54) is 40.7 Å². The molecule has 0 aromatic heterocycles. The molecule has 6 rings (SSSR count). The van der Waals surface area contributed by atoms with Crippen molar-refractivity contribution in [2.45, 2.75) is 51.5 Å². The van der Waals surface area contributed by atoms with Gasteiger partial charge in [-0.3, -0.25) is 9.10 Å². The van der Waals surface area contributed by atoms with Gasteiger partial charge in [-0.1, -0.05) is 18.2 Å². The molecule has 0 atom stereocenters. The van der Waals surface area contributed by atoms with Crippen molar-refractivity contribution in [1.29, 1.82) is 0 Å². The Morgan fingerprint density at radius 2 is 1.69 bits per heavy atom. The second-order valence-corrected chi connectivity index (χ2v) is 11.4. The zero-order valence-corrected chi connectivity index (χ0v) is 17.9. The van der Waals surface area contributed by atoms with Crippen LogP contribution >= 0.6 is 0 Å². The molecule has 158 valence electrons. The standard InChI is InChI=1S/C22H31N3O3S/c1-15-5-2-3-6-20(15)25-8-4-7-24(29(25,27)28)14-21(26)23-22-18-10-16-9-17(12-18)13-19(22)11-16/h2-3,5-6,16-19,22H,4,7-14H2,1H3,(H,23,26). The van der Waals surface area contributed by atoms with Gasteiger partial charge in [0.25, 0.3) is 0 Å². The fraction of sp³-hybridized carbons (Fsp3) is 0.682. The van der Waals surface area contributed by atoms with E-state index >= 15 is 0 Å². The number of hydrogen-bond acceptors (Lipinski definition) is 3. The molecule has 4 bridgehead atoms. The van der Waals surface area contributed by atoms with Crippen molar-refractivity contribution in [3.05, 3.63) is 29.8 Å². The summed E-state index contributed by atoms with van der Waals surface area (Å²) in [4.78, 5) is 12.9. The highest BCUT2D eigenvalue weighted by atomic mass is 32.2. The molecule has 7 heteroatoms. The lowest BCUT2D eigenvalue weighted by molar-refractivity contribution is -0.125. The average Bonchev–Trinajstić information content (AvgIpc) is 2.66. The summed E-state index contributed by atoms with van der Waals surface area (Å²) in [5.74, 6) is 2.76. The molecule has 0 spiro atoms. The average molecular weight is 418 g/mol. The van der Waals surface area contributed by atoms with Crippen molar-refractivity contribution in [3.63, 3.8) is 0 Å². The Balaban J connectivity index is 1.27. The molecule has 1 aromatic rings. The number of nitrogens with zero attached hydrogens (tertiary/aromatic N) is 2. The van der Waals surface area contributed by atoms with E-state index in [-0.39, 0.29) is 18.5 Å². The predicted molar refractivity (Wildman–Crippen MR) is 113 cm³/mol. The van der Waals surface area contributed by atoms with Gasteiger partial charge >= 0.3 is 10.2 Å². The second kappa shape index (κ2) is 7.27. The topological polar surface area (TPSA) is 69.7 Å². The summed E-state index contributed by atoms with van der Waals surface area (Å²) in [5, 5.41) is 3.25. The van der Waals surface area contributed by atoms with E-state index in [1.807, 2.05) is 31.2 Å². The van der Waals surface area contributed by atoms with Crippen molar-refractivity contribution in [2.24, 2.45) is 23.7 Å². The van der Waals surface area contributed by atoms with Crippen LogP contribution in [0.1, 0.15) is 44.1 Å². The number of benzene rings is 1. The van der Waals surface area contributed by atoms with Gasteiger partial charge in [0.2, 0.25) is 5.91 Å². The van der Waals surface area contributed by atoms with Crippen LogP contribution in [0.25, 0.3) is 0 Å². The Hall–Kier alpha value is -1.60. The molecule has 6 nitrogen and oxygen atoms in total. The SMILES string of the molecule is Cc1ccccc1N1CCCN(CC(=O)NC2C3CC4CC(C3)CC2C4)S1(=O)=O. The van der Waals surface area contributed by atoms with Crippen LogP contribution in [0.2, 0.25) is 0 Å². The normalized spacial score (nSPS) is 35.6. The molecule has 1 amide bonds. The molecule has 1 aromatic carbocycles. The van der Waals surface area contributed by atoms with Crippen LogP contribution in [-0.4, -0.2) is 44.3 Å². The summed E-state index contributed by atoms with van der Waals surface area (Å²) in [6, 6.07) is 7.77. The van der Waals surface area contributed by atoms with Crippen LogP contribution in [0.15, 0.2) is 24.3 Å². The molecule has 1 saturated heterocycles. The van der Waals surface area contributed by atoms with E-state index in [9.17, 15) is 13.2 Å². The van der Waals surface area contributed by atoms with Crippen molar-refractivity contribution in [3.8, 4) is 0 Å². The third-order valence-electron chi connectivity index (χ3n) is 7.63. The molecule has 0 radical (unpaired) electrons. The van der Waals surface area contributed by atoms with E-state index in [1.54, 1.807) is 0 Å². The van der Waals surface area contributed by atoms with Gasteiger partial charge in [-0.15, -0.1) is 0 Å². The maximum Gasteiger partial charge on any atom is 0.304 e. The Labute approximate surface area is 173 Å². The first-order valence-electron chi connectivity index (χ1n) is 11.0. The zero-order valence-electron chi connectivity index (χ0n) is 17.1. The highest BCUT2D eigenvalue weighted by Gasteiger charge is 2.48. The highest BCUT2D eigenvalue weighted by molar-refractivity contribution is 7.90. The molecular formula is C22H31N3O3S. The van der Waals surface area contributed by atoms with Crippen molar-refractivity contribution in [1.82, 2.24) is 9.62 Å². The molecule has 1 heterocycles. The molecule has 1 aliphatic heterocycles. The van der Waals surface area contributed by atoms with Crippen LogP contribution in [0.4, 0.5) is 5.69 Å². The maximum absolute atomic E-state index is 13.2. The summed E-state index contributed by atoms with van der Waals surface area (Å²) in [6.45, 7) is 2.71. The number of anilines is 1. The van der Waals surface area contributed by atoms with Crippen molar-refractivity contribution < 1.29 is 13.2 Å². The van der Waals surface area contributed by atoms with Gasteiger partial charge in [-0.2, -0.15) is 12.7 Å². The lowest BCUT2D eigenvalue weighted by Gasteiger charge is -2.54. The van der Waals surface area contributed by atoms with E-state index in [4.69, 9.17) is 0 Å². The number of amides is 1. The summed E-state index contributed by atoms with van der Waals surface area (Å²) in [6.07, 6.45) is 7.05. The highest BCUT2D eigenvalue weighted by Crippen LogP contribution is 2.53. The number of para-hydroxylation sites is 1. The fourth-order valence-electron chi connectivity index (χ4n) is 6.56. The first-order chi connectivity index (χ1) is 13.9. The monoisotopic (exact) mass is 417 g/mol. The molecule has 4 saturated carbocycles. The Kier molecular flexibility index (Phi) is 4.86. The minimum Gasteiger partial charge on any atom is -0.352 e. The number of nitrogens with one attached hydrogen (secondary N) is 1. The van der Waals surface area contributed by atoms with Crippen molar-refractivity contribution >= 4 is 21.8 Å². The van der Waals surface area contributed by atoms with Gasteiger partial charge in [-0.05, 0) is 80.8 Å². The van der Waals surface area contributed by atoms with Crippen LogP contribution in [-0.2, 0) is 15.0 Å². The molecule has 1 N–H and O–H groups in total. The van der Waals surface area contributed by atoms with Gasteiger partial charge in [0.1, 0.15) is 0 Å². The van der Waals surface area contributed by atoms with Gasteiger partial charge < -0.3 is 5.32 Å². The van der Waals surface area contributed by atoms with Gasteiger partial charge in [0.05, 0.1) is 12.2 Å². The molecular weight excluding hydrogens is 386 g/mol. The third-order valence-corrected chi connectivity index (χ3v) is 9.53. The number of carbonyl (C=O) groups excluding carboxylic acids is 1. The minimum atomic E-state index is -3.69. The second-order valence-electron chi connectivity index (χ2n) is 9.58. The zero-order chi connectivity index (χ0) is 20.2. The van der Waals surface area contributed by atoms with Crippen molar-refractivity contribution in [2.75, 3.05) is 23.9 Å². The van der Waals surface area contributed by atoms with Gasteiger partial charge in [0.15, 0.2) is 0 Å². The molecule has 29 heavy (non-hydrogen) atoms. The Morgan fingerprint density at radius 3 is 2.34 bits per heavy atom. The quantitative estimate of drug-likeness (QED) is 0.819. The smallest absolute Gasteiger partial charge is 0.304 e. The maximum atomic E-state index is 13.2. The third kappa shape index (κ3) is 3.46. The number of rotatable bonds is 4. The van der Waals surface area contributed by atoms with Crippen LogP contribution in [0.5, 0.6) is 0 Å².